The Morgan fingerprint density at radius 3 is 2.64 bits per heavy atom. The van der Waals surface area contributed by atoms with Crippen LogP contribution in [0.5, 0.6) is 11.8 Å². The second kappa shape index (κ2) is 9.24. The summed E-state index contributed by atoms with van der Waals surface area (Å²) in [5, 5.41) is 11.6. The van der Waals surface area contributed by atoms with E-state index in [0.717, 1.165) is 38.9 Å². The molecule has 4 aromatic rings. The van der Waals surface area contributed by atoms with E-state index in [1.54, 1.807) is 6.92 Å². The smallest absolute Gasteiger partial charge is 0.349 e. The molecule has 1 saturated carbocycles. The molecule has 6 rings (SSSR count). The first-order chi connectivity index (χ1) is 18.7. The molecule has 0 spiro atoms. The maximum absolute atomic E-state index is 14.7. The van der Waals surface area contributed by atoms with Gasteiger partial charge >= 0.3 is 11.6 Å². The maximum Gasteiger partial charge on any atom is 0.349 e. The van der Waals surface area contributed by atoms with E-state index in [1.165, 1.54) is 24.3 Å². The summed E-state index contributed by atoms with van der Waals surface area (Å²) in [6.07, 6.45) is 8.81. The molecular formula is C30H29FN4O4. The zero-order chi connectivity index (χ0) is 27.5. The number of halogens is 1. The highest BCUT2D eigenvalue weighted by molar-refractivity contribution is 6.03. The monoisotopic (exact) mass is 528 g/mol. The Morgan fingerprint density at radius 1 is 1.23 bits per heavy atom. The number of phenols is 1. The van der Waals surface area contributed by atoms with Gasteiger partial charge in [-0.25, -0.2) is 9.18 Å². The van der Waals surface area contributed by atoms with Gasteiger partial charge in [-0.1, -0.05) is 12.0 Å². The van der Waals surface area contributed by atoms with Gasteiger partial charge in [-0.15, -0.1) is 6.42 Å². The molecule has 9 heteroatoms. The molecule has 2 aliphatic rings. The maximum atomic E-state index is 14.7. The molecule has 0 radical (unpaired) electrons. The second-order valence-electron chi connectivity index (χ2n) is 10.9. The predicted octanol–water partition coefficient (Wildman–Crippen LogP) is 4.47. The molecule has 0 atom stereocenters. The predicted molar refractivity (Wildman–Crippen MR) is 148 cm³/mol. The largest absolute Gasteiger partial charge is 0.508 e. The number of terminal acetylenes is 1. The number of hydrogen-bond acceptors (Lipinski definition) is 8. The molecule has 1 N–H and O–H groups in total. The van der Waals surface area contributed by atoms with Gasteiger partial charge in [0.2, 0.25) is 0 Å². The summed E-state index contributed by atoms with van der Waals surface area (Å²) in [4.78, 5) is 27.0. The number of ether oxygens (including phenoxy) is 1. The number of hydrogen-bond donors (Lipinski definition) is 1. The van der Waals surface area contributed by atoms with Crippen molar-refractivity contribution in [2.75, 3.05) is 45.2 Å². The Morgan fingerprint density at radius 2 is 2.00 bits per heavy atom. The normalized spacial score (nSPS) is 15.9. The summed E-state index contributed by atoms with van der Waals surface area (Å²) >= 11 is 0. The standard InChI is InChI=1S/C30H29FN4O4/c1-5-20-22(31)8-7-18-13-19(36)14-21(23(18)20)26-17(2)25-24(28(37)39-26)27(35-11-6-12-35)33-29(32-25)38-16-30(9-10-30)15-34(3)4/h1,7-8,13-14,36H,6,9-12,15-16H2,2-4H3. The molecule has 1 aliphatic heterocycles. The topological polar surface area (TPSA) is 91.9 Å². The number of rotatable bonds is 7. The zero-order valence-electron chi connectivity index (χ0n) is 22.2. The minimum absolute atomic E-state index is 0.0215. The Hall–Kier alpha value is -4.16. The number of anilines is 1. The first-order valence-electron chi connectivity index (χ1n) is 13.0. The minimum atomic E-state index is -0.625. The lowest BCUT2D eigenvalue weighted by Crippen LogP contribution is -2.38. The number of fused-ring (bicyclic) bond motifs is 2. The van der Waals surface area contributed by atoms with Crippen LogP contribution in [-0.2, 0) is 0 Å². The third-order valence-electron chi connectivity index (χ3n) is 7.68. The molecule has 0 unspecified atom stereocenters. The lowest BCUT2D eigenvalue weighted by Gasteiger charge is -2.32. The third kappa shape index (κ3) is 4.35. The Bertz CT molecular complexity index is 1730. The average Bonchev–Trinajstić information content (AvgIpc) is 3.62. The van der Waals surface area contributed by atoms with Gasteiger partial charge in [-0.3, -0.25) is 0 Å². The van der Waals surface area contributed by atoms with E-state index in [0.29, 0.717) is 39.8 Å². The van der Waals surface area contributed by atoms with E-state index in [2.05, 4.69) is 20.8 Å². The molecule has 0 amide bonds. The lowest BCUT2D eigenvalue weighted by atomic mass is 9.95. The molecule has 2 fully saturated rings. The number of nitrogens with zero attached hydrogens (tertiary/aromatic N) is 4. The molecule has 1 aliphatic carbocycles. The van der Waals surface area contributed by atoms with Crippen molar-refractivity contribution in [1.82, 2.24) is 14.9 Å². The summed E-state index contributed by atoms with van der Waals surface area (Å²) in [6.45, 7) is 4.68. The fourth-order valence-corrected chi connectivity index (χ4v) is 5.45. The molecular weight excluding hydrogens is 499 g/mol. The van der Waals surface area contributed by atoms with Crippen LogP contribution in [0.2, 0.25) is 0 Å². The summed E-state index contributed by atoms with van der Waals surface area (Å²) < 4.78 is 26.7. The quantitative estimate of drug-likeness (QED) is 0.352. The number of phenolic OH excluding ortho intramolecular Hbond substituents is 1. The van der Waals surface area contributed by atoms with Crippen LogP contribution in [0.1, 0.15) is 30.4 Å². The Balaban J connectivity index is 1.55. The van der Waals surface area contributed by atoms with Crippen LogP contribution in [0.25, 0.3) is 33.0 Å². The van der Waals surface area contributed by atoms with E-state index >= 15 is 0 Å². The summed E-state index contributed by atoms with van der Waals surface area (Å²) in [5.41, 5.74) is 0.704. The van der Waals surface area contributed by atoms with Crippen molar-refractivity contribution in [3.05, 3.63) is 51.6 Å². The van der Waals surface area contributed by atoms with E-state index in [4.69, 9.17) is 15.6 Å². The van der Waals surface area contributed by atoms with Crippen molar-refractivity contribution in [3.63, 3.8) is 0 Å². The van der Waals surface area contributed by atoms with Crippen molar-refractivity contribution in [3.8, 4) is 35.4 Å². The van der Waals surface area contributed by atoms with E-state index in [1.807, 2.05) is 19.0 Å². The minimum Gasteiger partial charge on any atom is -0.508 e. The molecule has 2 aromatic heterocycles. The summed E-state index contributed by atoms with van der Waals surface area (Å²) in [6, 6.07) is 5.90. The van der Waals surface area contributed by atoms with Crippen LogP contribution in [0.3, 0.4) is 0 Å². The molecule has 39 heavy (non-hydrogen) atoms. The highest BCUT2D eigenvalue weighted by atomic mass is 19.1. The van der Waals surface area contributed by atoms with E-state index < -0.39 is 11.4 Å². The van der Waals surface area contributed by atoms with Gasteiger partial charge in [0, 0.05) is 41.6 Å². The zero-order valence-corrected chi connectivity index (χ0v) is 22.2. The number of aryl methyl sites for hydroxylation is 1. The van der Waals surface area contributed by atoms with Crippen molar-refractivity contribution in [2.45, 2.75) is 26.2 Å². The number of aromatic hydroxyl groups is 1. The van der Waals surface area contributed by atoms with Crippen LogP contribution in [0, 0.1) is 30.5 Å². The van der Waals surface area contributed by atoms with E-state index in [-0.39, 0.29) is 33.9 Å². The molecule has 200 valence electrons. The van der Waals surface area contributed by atoms with Crippen molar-refractivity contribution in [1.29, 1.82) is 0 Å². The summed E-state index contributed by atoms with van der Waals surface area (Å²) in [7, 11) is 4.09. The average molecular weight is 529 g/mol. The fourth-order valence-electron chi connectivity index (χ4n) is 5.45. The van der Waals surface area contributed by atoms with Crippen LogP contribution in [0.15, 0.2) is 33.5 Å². The second-order valence-corrected chi connectivity index (χ2v) is 10.9. The van der Waals surface area contributed by atoms with Crippen LogP contribution in [-0.4, -0.2) is 60.3 Å². The van der Waals surface area contributed by atoms with Crippen LogP contribution in [0.4, 0.5) is 10.2 Å². The Labute approximate surface area is 225 Å². The highest BCUT2D eigenvalue weighted by Gasteiger charge is 2.44. The first-order valence-corrected chi connectivity index (χ1v) is 13.0. The van der Waals surface area contributed by atoms with Crippen molar-refractivity contribution in [2.24, 2.45) is 5.41 Å². The van der Waals surface area contributed by atoms with E-state index in [9.17, 15) is 14.3 Å². The number of benzene rings is 2. The first kappa shape index (κ1) is 25.1. The van der Waals surface area contributed by atoms with Gasteiger partial charge in [0.1, 0.15) is 22.7 Å². The molecule has 3 heterocycles. The third-order valence-corrected chi connectivity index (χ3v) is 7.68. The Kier molecular flexibility index (Phi) is 5.96. The SMILES string of the molecule is C#Cc1c(F)ccc2cc(O)cc(-c3oc(=O)c4c(N5CCC5)nc(OCC5(CN(C)C)CC5)nc4c3C)c12. The molecule has 2 aromatic carbocycles. The van der Waals surface area contributed by atoms with Gasteiger partial charge < -0.3 is 24.1 Å². The lowest BCUT2D eigenvalue weighted by molar-refractivity contribution is 0.183. The van der Waals surface area contributed by atoms with Gasteiger partial charge in [-0.05, 0) is 63.9 Å². The fraction of sp³-hybridized carbons (Fsp3) is 0.367. The molecule has 0 bridgehead atoms. The number of aromatic nitrogens is 2. The van der Waals surface area contributed by atoms with Crippen molar-refractivity contribution < 1.29 is 18.7 Å². The molecule has 1 saturated heterocycles. The van der Waals surface area contributed by atoms with Crippen LogP contribution >= 0.6 is 0 Å². The highest BCUT2D eigenvalue weighted by Crippen LogP contribution is 2.46. The van der Waals surface area contributed by atoms with Gasteiger partial charge in [0.15, 0.2) is 5.82 Å². The van der Waals surface area contributed by atoms with Gasteiger partial charge in [0.25, 0.3) is 0 Å². The van der Waals surface area contributed by atoms with Gasteiger partial charge in [-0.2, -0.15) is 9.97 Å². The van der Waals surface area contributed by atoms with Gasteiger partial charge in [0.05, 0.1) is 17.7 Å². The summed E-state index contributed by atoms with van der Waals surface area (Å²) in [5.74, 6) is 2.39. The van der Waals surface area contributed by atoms with Crippen LogP contribution < -0.4 is 15.3 Å². The van der Waals surface area contributed by atoms with Crippen molar-refractivity contribution >= 4 is 27.5 Å². The molecule has 8 nitrogen and oxygen atoms in total.